The van der Waals surface area contributed by atoms with Gasteiger partial charge in [0.05, 0.1) is 15.1 Å². The predicted octanol–water partition coefficient (Wildman–Crippen LogP) is 4.13. The first-order valence-corrected chi connectivity index (χ1v) is 12.1. The van der Waals surface area contributed by atoms with Gasteiger partial charge < -0.3 is 4.57 Å². The summed E-state index contributed by atoms with van der Waals surface area (Å²) in [5.41, 5.74) is 2.51. The van der Waals surface area contributed by atoms with Gasteiger partial charge in [-0.15, -0.1) is 13.2 Å². The Hall–Kier alpha value is -2.81. The Bertz CT molecular complexity index is 1290. The first kappa shape index (κ1) is 22.9. The maximum absolute atomic E-state index is 12.8. The van der Waals surface area contributed by atoms with E-state index in [0.717, 1.165) is 15.8 Å². The van der Waals surface area contributed by atoms with Crippen molar-refractivity contribution in [3.8, 4) is 0 Å². The number of rotatable bonds is 8. The molecule has 0 saturated heterocycles. The van der Waals surface area contributed by atoms with E-state index in [4.69, 9.17) is 0 Å². The van der Waals surface area contributed by atoms with Crippen LogP contribution in [0.1, 0.15) is 22.8 Å². The van der Waals surface area contributed by atoms with Crippen LogP contribution in [0.4, 0.5) is 0 Å². The normalized spacial score (nSPS) is 12.4. The minimum atomic E-state index is -3.71. The van der Waals surface area contributed by atoms with Crippen molar-refractivity contribution in [2.75, 3.05) is 13.1 Å². The lowest BCUT2D eigenvalue weighted by atomic mass is 10.2. The molecule has 1 heterocycles. The van der Waals surface area contributed by atoms with Crippen molar-refractivity contribution < 1.29 is 13.2 Å². The Morgan fingerprint density at radius 1 is 1.13 bits per heavy atom. The van der Waals surface area contributed by atoms with Crippen LogP contribution in [0.3, 0.4) is 0 Å². The number of aromatic nitrogens is 1. The lowest BCUT2D eigenvalue weighted by Gasteiger charge is -2.19. The quantitative estimate of drug-likeness (QED) is 0.480. The Balaban J connectivity index is 1.95. The van der Waals surface area contributed by atoms with Gasteiger partial charge in [-0.05, 0) is 55.8 Å². The number of hydrogen-bond donors (Lipinski definition) is 0. The van der Waals surface area contributed by atoms with Crippen LogP contribution in [0.2, 0.25) is 0 Å². The lowest BCUT2D eigenvalue weighted by Crippen LogP contribution is -2.31. The third kappa shape index (κ3) is 4.76. The SMILES string of the molecule is C=CCN(CC=C)S(=O)(=O)c1ccc(C(=O)N=c2sc3cc(C)ccc3n2CC)cc1. The zero-order valence-corrected chi connectivity index (χ0v) is 19.2. The molecule has 162 valence electrons. The molecule has 3 aromatic rings. The molecule has 1 aromatic heterocycles. The molecule has 31 heavy (non-hydrogen) atoms. The number of amides is 1. The van der Waals surface area contributed by atoms with Crippen LogP contribution in [-0.4, -0.2) is 36.3 Å². The molecule has 2 aromatic carbocycles. The average Bonchev–Trinajstić information content (AvgIpc) is 3.09. The second-order valence-corrected chi connectivity index (χ2v) is 9.89. The summed E-state index contributed by atoms with van der Waals surface area (Å²) in [5.74, 6) is -0.413. The lowest BCUT2D eigenvalue weighted by molar-refractivity contribution is 0.0997. The van der Waals surface area contributed by atoms with E-state index >= 15 is 0 Å². The molecule has 0 aliphatic carbocycles. The van der Waals surface area contributed by atoms with Crippen molar-refractivity contribution in [2.45, 2.75) is 25.3 Å². The fraction of sp³-hybridized carbons (Fsp3) is 0.217. The number of carbonyl (C=O) groups is 1. The first-order valence-electron chi connectivity index (χ1n) is 9.83. The third-order valence-electron chi connectivity index (χ3n) is 4.76. The molecule has 8 heteroatoms. The summed E-state index contributed by atoms with van der Waals surface area (Å²) in [4.78, 5) is 17.8. The Kier molecular flexibility index (Phi) is 7.04. The molecule has 6 nitrogen and oxygen atoms in total. The molecule has 0 aliphatic rings. The van der Waals surface area contributed by atoms with Gasteiger partial charge in [0.1, 0.15) is 0 Å². The van der Waals surface area contributed by atoms with Gasteiger partial charge in [-0.1, -0.05) is 29.6 Å². The molecule has 3 rings (SSSR count). The van der Waals surface area contributed by atoms with Crippen molar-refractivity contribution >= 4 is 37.5 Å². The fourth-order valence-electron chi connectivity index (χ4n) is 3.20. The van der Waals surface area contributed by atoms with Crippen LogP contribution in [0, 0.1) is 6.92 Å². The van der Waals surface area contributed by atoms with Gasteiger partial charge in [0, 0.05) is 25.2 Å². The van der Waals surface area contributed by atoms with Crippen LogP contribution >= 0.6 is 11.3 Å². The van der Waals surface area contributed by atoms with E-state index in [0.29, 0.717) is 16.9 Å². The van der Waals surface area contributed by atoms with Crippen LogP contribution in [0.25, 0.3) is 10.2 Å². The van der Waals surface area contributed by atoms with Gasteiger partial charge in [0.15, 0.2) is 4.80 Å². The highest BCUT2D eigenvalue weighted by Gasteiger charge is 2.22. The van der Waals surface area contributed by atoms with Gasteiger partial charge in [0.2, 0.25) is 10.0 Å². The van der Waals surface area contributed by atoms with Gasteiger partial charge >= 0.3 is 0 Å². The number of nitrogens with zero attached hydrogens (tertiary/aromatic N) is 3. The minimum Gasteiger partial charge on any atom is -0.317 e. The summed E-state index contributed by atoms with van der Waals surface area (Å²) in [7, 11) is -3.71. The Morgan fingerprint density at radius 3 is 2.35 bits per heavy atom. The molecule has 0 atom stereocenters. The van der Waals surface area contributed by atoms with Crippen LogP contribution in [-0.2, 0) is 16.6 Å². The fourth-order valence-corrected chi connectivity index (χ4v) is 5.77. The number of benzene rings is 2. The molecule has 0 unspecified atom stereocenters. The smallest absolute Gasteiger partial charge is 0.279 e. The second-order valence-electron chi connectivity index (χ2n) is 6.94. The Morgan fingerprint density at radius 2 is 1.77 bits per heavy atom. The molecule has 0 fully saturated rings. The molecule has 0 aliphatic heterocycles. The van der Waals surface area contributed by atoms with Crippen LogP contribution in [0.15, 0.2) is 77.7 Å². The van der Waals surface area contributed by atoms with Gasteiger partial charge in [-0.25, -0.2) is 8.42 Å². The van der Waals surface area contributed by atoms with Crippen molar-refractivity contribution in [1.29, 1.82) is 0 Å². The number of aryl methyl sites for hydroxylation is 2. The Labute approximate surface area is 186 Å². The van der Waals surface area contributed by atoms with E-state index in [-0.39, 0.29) is 18.0 Å². The molecular formula is C23H25N3O3S2. The monoisotopic (exact) mass is 455 g/mol. The molecule has 0 N–H and O–H groups in total. The number of thiazole rings is 1. The summed E-state index contributed by atoms with van der Waals surface area (Å²) >= 11 is 1.46. The number of fused-ring (bicyclic) bond motifs is 1. The molecule has 0 saturated carbocycles. The highest BCUT2D eigenvalue weighted by molar-refractivity contribution is 7.89. The first-order chi connectivity index (χ1) is 14.8. The summed E-state index contributed by atoms with van der Waals surface area (Å²) in [6.07, 6.45) is 3.04. The highest BCUT2D eigenvalue weighted by Crippen LogP contribution is 2.20. The van der Waals surface area contributed by atoms with Gasteiger partial charge in [0.25, 0.3) is 5.91 Å². The summed E-state index contributed by atoms with van der Waals surface area (Å²) in [5, 5.41) is 0. The van der Waals surface area contributed by atoms with E-state index < -0.39 is 15.9 Å². The maximum atomic E-state index is 12.8. The van der Waals surface area contributed by atoms with Gasteiger partial charge in [-0.2, -0.15) is 9.30 Å². The zero-order valence-electron chi connectivity index (χ0n) is 17.6. The average molecular weight is 456 g/mol. The molecule has 0 radical (unpaired) electrons. The van der Waals surface area contributed by atoms with E-state index in [1.54, 1.807) is 0 Å². The van der Waals surface area contributed by atoms with Crippen molar-refractivity contribution in [2.24, 2.45) is 4.99 Å². The number of hydrogen-bond acceptors (Lipinski definition) is 4. The molecule has 0 bridgehead atoms. The van der Waals surface area contributed by atoms with Crippen LogP contribution < -0.4 is 4.80 Å². The van der Waals surface area contributed by atoms with E-state index in [2.05, 4.69) is 24.2 Å². The van der Waals surface area contributed by atoms with Crippen LogP contribution in [0.5, 0.6) is 0 Å². The summed E-state index contributed by atoms with van der Waals surface area (Å²) in [6, 6.07) is 12.0. The van der Waals surface area contributed by atoms with Crippen molar-refractivity contribution in [3.63, 3.8) is 0 Å². The predicted molar refractivity (Wildman–Crippen MR) is 126 cm³/mol. The molecule has 0 spiro atoms. The number of sulfonamides is 1. The van der Waals surface area contributed by atoms with E-state index in [9.17, 15) is 13.2 Å². The topological polar surface area (TPSA) is 71.7 Å². The zero-order chi connectivity index (χ0) is 22.6. The maximum Gasteiger partial charge on any atom is 0.279 e. The van der Waals surface area contributed by atoms with Crippen molar-refractivity contribution in [1.82, 2.24) is 8.87 Å². The summed E-state index contributed by atoms with van der Waals surface area (Å²) < 4.78 is 30.0. The second kappa shape index (κ2) is 9.55. The largest absolute Gasteiger partial charge is 0.317 e. The van der Waals surface area contributed by atoms with E-state index in [1.165, 1.54) is 52.1 Å². The number of carbonyl (C=O) groups excluding carboxylic acids is 1. The molecular weight excluding hydrogens is 430 g/mol. The minimum absolute atomic E-state index is 0.105. The van der Waals surface area contributed by atoms with Gasteiger partial charge in [-0.3, -0.25) is 4.79 Å². The highest BCUT2D eigenvalue weighted by atomic mass is 32.2. The third-order valence-corrected chi connectivity index (χ3v) is 7.64. The van der Waals surface area contributed by atoms with E-state index in [1.807, 2.05) is 30.5 Å². The molecule has 1 amide bonds. The standard InChI is InChI=1S/C23H25N3O3S2/c1-5-14-25(15-6-2)31(28,29)19-11-9-18(10-12-19)22(27)24-23-26(7-3)20-13-8-17(4)16-21(20)30-23/h5-6,8-13,16H,1-2,7,14-15H2,3-4H3. The summed E-state index contributed by atoms with van der Waals surface area (Å²) in [6.45, 7) is 12.3. The van der Waals surface area contributed by atoms with Crippen molar-refractivity contribution in [3.05, 3.63) is 83.7 Å².